The Kier molecular flexibility index (Phi) is 4.94. The predicted octanol–water partition coefficient (Wildman–Crippen LogP) is 3.12. The molecule has 0 radical (unpaired) electrons. The third-order valence-electron chi connectivity index (χ3n) is 3.74. The normalized spacial score (nSPS) is 11.1. The van der Waals surface area contributed by atoms with Crippen LogP contribution in [0.2, 0.25) is 0 Å². The van der Waals surface area contributed by atoms with Crippen molar-refractivity contribution in [2.75, 3.05) is 6.61 Å². The van der Waals surface area contributed by atoms with E-state index in [0.29, 0.717) is 5.92 Å². The molecule has 0 heterocycles. The second-order valence-corrected chi connectivity index (χ2v) is 5.62. The lowest BCUT2D eigenvalue weighted by Crippen LogP contribution is -2.08. The lowest BCUT2D eigenvalue weighted by atomic mass is 9.84. The van der Waals surface area contributed by atoms with Gasteiger partial charge in [-0.25, -0.2) is 0 Å². The van der Waals surface area contributed by atoms with Gasteiger partial charge in [0.25, 0.3) is 0 Å². The Morgan fingerprint density at radius 1 is 0.895 bits per heavy atom. The molecule has 0 amide bonds. The molecule has 1 nitrogen and oxygen atoms in total. The maximum Gasteiger partial charge on any atom is 0.145 e. The van der Waals surface area contributed by atoms with Crippen LogP contribution in [0.15, 0.2) is 48.5 Å². The second kappa shape index (κ2) is 6.69. The maximum atomic E-state index is 5.43. The highest BCUT2D eigenvalue weighted by Gasteiger charge is 2.17. The number of aryl methyl sites for hydroxylation is 2. The zero-order valence-corrected chi connectivity index (χ0v) is 14.0. The van der Waals surface area contributed by atoms with Crippen LogP contribution in [0.5, 0.6) is 0 Å². The lowest BCUT2D eigenvalue weighted by Gasteiger charge is -2.21. The summed E-state index contributed by atoms with van der Waals surface area (Å²) in [4.78, 5) is 0. The molecule has 2 rings (SSSR count). The third kappa shape index (κ3) is 3.34. The Labute approximate surface area is 119 Å². The molecule has 0 saturated heterocycles. The van der Waals surface area contributed by atoms with Crippen LogP contribution >= 0.6 is 0 Å². The van der Waals surface area contributed by atoms with Gasteiger partial charge in [-0.2, -0.15) is 0 Å². The largest absolute Gasteiger partial charge is 0.428 e. The molecule has 2 heteroatoms. The molecule has 0 unspecified atom stereocenters. The zero-order chi connectivity index (χ0) is 13.7. The summed E-state index contributed by atoms with van der Waals surface area (Å²) < 4.78 is 5.43. The summed E-state index contributed by atoms with van der Waals surface area (Å²) in [5.74, 6) is 0.441. The number of hydrogen-bond donors (Lipinski definition) is 0. The van der Waals surface area contributed by atoms with Gasteiger partial charge in [-0.1, -0.05) is 48.5 Å². The van der Waals surface area contributed by atoms with Gasteiger partial charge in [0.05, 0.1) is 0 Å². The average molecular weight is 270 g/mol. The Balaban J connectivity index is 2.42. The number of hydrogen-bond acceptors (Lipinski definition) is 1. The first-order valence-corrected chi connectivity index (χ1v) is 7.65. The van der Waals surface area contributed by atoms with E-state index < -0.39 is 0 Å². The summed E-state index contributed by atoms with van der Waals surface area (Å²) in [6.07, 6.45) is 1.05. The number of benzene rings is 2. The fraction of sp³-hybridized carbons (Fsp3) is 0.294. The van der Waals surface area contributed by atoms with Gasteiger partial charge in [0.1, 0.15) is 10.5 Å². The molecule has 0 aliphatic carbocycles. The van der Waals surface area contributed by atoms with Crippen LogP contribution in [0.25, 0.3) is 0 Å². The Bertz CT molecular complexity index is 491. The van der Waals surface area contributed by atoms with E-state index in [2.05, 4.69) is 62.4 Å². The highest BCUT2D eigenvalue weighted by molar-refractivity contribution is 5.97. The molecule has 0 N–H and O–H groups in total. The monoisotopic (exact) mass is 270 g/mol. The molecule has 0 atom stereocenters. The van der Waals surface area contributed by atoms with Crippen molar-refractivity contribution in [1.82, 2.24) is 0 Å². The van der Waals surface area contributed by atoms with E-state index in [1.807, 2.05) is 0 Å². The fourth-order valence-corrected chi connectivity index (χ4v) is 2.91. The summed E-state index contributed by atoms with van der Waals surface area (Å²) in [7, 11) is 0.815. The van der Waals surface area contributed by atoms with Crippen LogP contribution in [0, 0.1) is 13.8 Å². The molecule has 0 aliphatic rings. The van der Waals surface area contributed by atoms with Crippen LogP contribution in [-0.2, 0) is 4.43 Å². The molecular formula is C17H22OSi. The second-order valence-electron chi connectivity index (χ2n) is 5.05. The molecule has 0 saturated carbocycles. The van der Waals surface area contributed by atoms with Gasteiger partial charge >= 0.3 is 0 Å². The minimum Gasteiger partial charge on any atom is -0.428 e. The van der Waals surface area contributed by atoms with Crippen molar-refractivity contribution in [2.45, 2.75) is 26.2 Å². The van der Waals surface area contributed by atoms with E-state index in [-0.39, 0.29) is 0 Å². The van der Waals surface area contributed by atoms with E-state index in [0.717, 1.165) is 23.5 Å². The molecule has 0 spiro atoms. The summed E-state index contributed by atoms with van der Waals surface area (Å²) in [5, 5.41) is 0. The van der Waals surface area contributed by atoms with Gasteiger partial charge in [0, 0.05) is 12.5 Å². The Morgan fingerprint density at radius 3 is 1.79 bits per heavy atom. The standard InChI is InChI=1S/C17H22OSi/c1-13-7-3-5-9-15(13)17(11-12-18-19)16-10-6-4-8-14(16)2/h3-10,17H,11-12H2,1-2,19H3. The fourth-order valence-electron chi connectivity index (χ4n) is 2.67. The van der Waals surface area contributed by atoms with Crippen LogP contribution in [0.1, 0.15) is 34.6 Å². The van der Waals surface area contributed by atoms with Crippen LogP contribution in [0.4, 0.5) is 0 Å². The van der Waals surface area contributed by atoms with E-state index in [9.17, 15) is 0 Å². The van der Waals surface area contributed by atoms with Crippen molar-refractivity contribution >= 4 is 10.5 Å². The molecule has 100 valence electrons. The predicted molar refractivity (Wildman–Crippen MR) is 84.7 cm³/mol. The van der Waals surface area contributed by atoms with E-state index in [1.165, 1.54) is 22.3 Å². The molecule has 19 heavy (non-hydrogen) atoms. The summed E-state index contributed by atoms with van der Waals surface area (Å²) in [6.45, 7) is 5.24. The van der Waals surface area contributed by atoms with Gasteiger partial charge < -0.3 is 4.43 Å². The smallest absolute Gasteiger partial charge is 0.145 e. The highest BCUT2D eigenvalue weighted by atomic mass is 28.2. The highest BCUT2D eigenvalue weighted by Crippen LogP contribution is 2.32. The van der Waals surface area contributed by atoms with Crippen LogP contribution in [-0.4, -0.2) is 17.1 Å². The van der Waals surface area contributed by atoms with Crippen molar-refractivity contribution in [3.8, 4) is 0 Å². The van der Waals surface area contributed by atoms with Crippen LogP contribution in [0.3, 0.4) is 0 Å². The summed E-state index contributed by atoms with van der Waals surface area (Å²) in [6, 6.07) is 17.4. The molecule has 2 aromatic rings. The van der Waals surface area contributed by atoms with Gasteiger partial charge in [-0.15, -0.1) is 0 Å². The van der Waals surface area contributed by atoms with E-state index in [4.69, 9.17) is 4.43 Å². The molecule has 0 bridgehead atoms. The average Bonchev–Trinajstić information content (AvgIpc) is 2.42. The zero-order valence-electron chi connectivity index (χ0n) is 12.0. The van der Waals surface area contributed by atoms with Gasteiger partial charge in [-0.05, 0) is 42.5 Å². The molecule has 2 aromatic carbocycles. The van der Waals surface area contributed by atoms with Gasteiger partial charge in [0.15, 0.2) is 0 Å². The Morgan fingerprint density at radius 2 is 1.37 bits per heavy atom. The first kappa shape index (κ1) is 14.0. The van der Waals surface area contributed by atoms with E-state index in [1.54, 1.807) is 0 Å². The SMILES string of the molecule is Cc1ccccc1C(CCO[SiH3])c1ccccc1C. The molecule has 0 fully saturated rings. The molecular weight excluding hydrogens is 248 g/mol. The quantitative estimate of drug-likeness (QED) is 0.759. The summed E-state index contributed by atoms with van der Waals surface area (Å²) >= 11 is 0. The van der Waals surface area contributed by atoms with Crippen molar-refractivity contribution < 1.29 is 4.43 Å². The maximum absolute atomic E-state index is 5.43. The van der Waals surface area contributed by atoms with Crippen molar-refractivity contribution in [3.05, 3.63) is 70.8 Å². The Hall–Kier alpha value is -1.38. The third-order valence-corrected chi connectivity index (χ3v) is 4.15. The minimum absolute atomic E-state index is 0.441. The number of rotatable bonds is 5. The van der Waals surface area contributed by atoms with Crippen LogP contribution < -0.4 is 0 Å². The first-order valence-electron chi connectivity index (χ1n) is 6.84. The van der Waals surface area contributed by atoms with Crippen molar-refractivity contribution in [2.24, 2.45) is 0 Å². The molecule has 0 aromatic heterocycles. The van der Waals surface area contributed by atoms with E-state index >= 15 is 0 Å². The van der Waals surface area contributed by atoms with Crippen molar-refractivity contribution in [3.63, 3.8) is 0 Å². The van der Waals surface area contributed by atoms with Crippen molar-refractivity contribution in [1.29, 1.82) is 0 Å². The lowest BCUT2D eigenvalue weighted by molar-refractivity contribution is 0.332. The first-order chi connectivity index (χ1) is 9.24. The topological polar surface area (TPSA) is 9.23 Å². The minimum atomic E-state index is 0.441. The van der Waals surface area contributed by atoms with Gasteiger partial charge in [0.2, 0.25) is 0 Å². The summed E-state index contributed by atoms with van der Waals surface area (Å²) in [5.41, 5.74) is 5.58. The molecule has 0 aliphatic heterocycles. The van der Waals surface area contributed by atoms with Gasteiger partial charge in [-0.3, -0.25) is 0 Å².